The Hall–Kier alpha value is -4.78. The molecule has 1 atom stereocenters. The van der Waals surface area contributed by atoms with Gasteiger partial charge in [-0.2, -0.15) is 0 Å². The molecule has 0 fully saturated rings. The fraction of sp³-hybridized carbons (Fsp3) is 0.103. The number of benzene rings is 3. The highest BCUT2D eigenvalue weighted by Gasteiger charge is 2.36. The van der Waals surface area contributed by atoms with Crippen molar-refractivity contribution in [2.45, 2.75) is 6.04 Å². The lowest BCUT2D eigenvalue weighted by molar-refractivity contribution is 0.528. The number of para-hydroxylation sites is 3. The topological polar surface area (TPSA) is 74.1 Å². The largest absolute Gasteiger partial charge is 0.458 e. The summed E-state index contributed by atoms with van der Waals surface area (Å²) in [5.74, 6) is 0.707. The van der Waals surface area contributed by atoms with Crippen LogP contribution < -0.4 is 16.6 Å². The smallest absolute Gasteiger partial charge is 0.331 e. The number of fused-ring (bicyclic) bond motifs is 6. The fourth-order valence-corrected chi connectivity index (χ4v) is 5.45. The van der Waals surface area contributed by atoms with Crippen LogP contribution in [0, 0.1) is 0 Å². The van der Waals surface area contributed by atoms with Crippen molar-refractivity contribution in [2.75, 3.05) is 5.32 Å². The molecule has 36 heavy (non-hydrogen) atoms. The van der Waals surface area contributed by atoms with Crippen LogP contribution in [-0.4, -0.2) is 13.7 Å². The Labute approximate surface area is 205 Å². The molecule has 7 rings (SSSR count). The van der Waals surface area contributed by atoms with E-state index in [2.05, 4.69) is 9.88 Å². The SMILES string of the molecule is Cn1c(=O)c2c(-c3ccccc3)n3c(c2n(C)c1=O)C(c1cc2ccccc2o1)Nc1ccccc1-3. The van der Waals surface area contributed by atoms with Gasteiger partial charge in [0.2, 0.25) is 0 Å². The van der Waals surface area contributed by atoms with Gasteiger partial charge in [-0.3, -0.25) is 13.9 Å². The number of furan rings is 1. The molecule has 4 heterocycles. The van der Waals surface area contributed by atoms with Crippen molar-refractivity contribution in [3.63, 3.8) is 0 Å². The third kappa shape index (κ3) is 2.68. The fourth-order valence-electron chi connectivity index (χ4n) is 5.45. The van der Waals surface area contributed by atoms with Gasteiger partial charge in [-0.15, -0.1) is 0 Å². The molecular formula is C29H22N4O3. The maximum Gasteiger partial charge on any atom is 0.331 e. The van der Waals surface area contributed by atoms with Crippen molar-refractivity contribution in [1.29, 1.82) is 0 Å². The Morgan fingerprint density at radius 2 is 1.56 bits per heavy atom. The highest BCUT2D eigenvalue weighted by Crippen LogP contribution is 2.46. The zero-order valence-corrected chi connectivity index (χ0v) is 19.7. The molecule has 6 aromatic rings. The number of anilines is 1. The first-order valence-corrected chi connectivity index (χ1v) is 11.8. The molecule has 7 heteroatoms. The van der Waals surface area contributed by atoms with E-state index in [1.165, 1.54) is 11.6 Å². The van der Waals surface area contributed by atoms with Crippen LogP contribution in [0.5, 0.6) is 0 Å². The van der Waals surface area contributed by atoms with Crippen molar-refractivity contribution >= 4 is 27.6 Å². The summed E-state index contributed by atoms with van der Waals surface area (Å²) in [6, 6.07) is 27.3. The minimum absolute atomic E-state index is 0.324. The van der Waals surface area contributed by atoms with Crippen LogP contribution in [0.3, 0.4) is 0 Å². The molecule has 0 bridgehead atoms. The molecule has 3 aromatic heterocycles. The Kier molecular flexibility index (Phi) is 4.21. The molecule has 1 aliphatic heterocycles. The van der Waals surface area contributed by atoms with Crippen molar-refractivity contribution in [2.24, 2.45) is 14.1 Å². The van der Waals surface area contributed by atoms with Crippen LogP contribution in [0.15, 0.2) is 98.9 Å². The summed E-state index contributed by atoms with van der Waals surface area (Å²) in [7, 11) is 3.24. The second-order valence-corrected chi connectivity index (χ2v) is 9.15. The lowest BCUT2D eigenvalue weighted by atomic mass is 10.0. The summed E-state index contributed by atoms with van der Waals surface area (Å²) in [6.45, 7) is 0. The molecule has 1 N–H and O–H groups in total. The third-order valence-electron chi connectivity index (χ3n) is 7.10. The zero-order valence-electron chi connectivity index (χ0n) is 19.7. The average Bonchev–Trinajstić information content (AvgIpc) is 3.51. The first-order valence-electron chi connectivity index (χ1n) is 11.8. The van der Waals surface area contributed by atoms with Crippen molar-refractivity contribution in [1.82, 2.24) is 13.7 Å². The van der Waals surface area contributed by atoms with Gasteiger partial charge in [0.15, 0.2) is 0 Å². The third-order valence-corrected chi connectivity index (χ3v) is 7.10. The normalized spacial score (nSPS) is 14.6. The molecule has 1 unspecified atom stereocenters. The summed E-state index contributed by atoms with van der Waals surface area (Å²) in [5.41, 5.74) is 4.94. The second kappa shape index (κ2) is 7.36. The van der Waals surface area contributed by atoms with Crippen LogP contribution in [0.1, 0.15) is 17.5 Å². The van der Waals surface area contributed by atoms with Crippen LogP contribution in [0.4, 0.5) is 5.69 Å². The molecule has 0 saturated carbocycles. The highest BCUT2D eigenvalue weighted by atomic mass is 16.3. The number of aryl methyl sites for hydroxylation is 1. The molecule has 0 amide bonds. The molecule has 1 aliphatic rings. The number of nitrogens with one attached hydrogen (secondary N) is 1. The van der Waals surface area contributed by atoms with E-state index in [1.807, 2.05) is 84.9 Å². The van der Waals surface area contributed by atoms with Crippen molar-refractivity contribution < 1.29 is 4.42 Å². The van der Waals surface area contributed by atoms with Gasteiger partial charge in [0, 0.05) is 19.5 Å². The zero-order chi connectivity index (χ0) is 24.6. The van der Waals surface area contributed by atoms with E-state index in [0.717, 1.165) is 39.3 Å². The monoisotopic (exact) mass is 474 g/mol. The van der Waals surface area contributed by atoms with Crippen LogP contribution in [-0.2, 0) is 14.1 Å². The Morgan fingerprint density at radius 3 is 2.36 bits per heavy atom. The van der Waals surface area contributed by atoms with Gasteiger partial charge in [-0.1, -0.05) is 60.7 Å². The van der Waals surface area contributed by atoms with E-state index in [1.54, 1.807) is 11.6 Å². The summed E-state index contributed by atoms with van der Waals surface area (Å²) < 4.78 is 11.2. The van der Waals surface area contributed by atoms with E-state index < -0.39 is 6.04 Å². The molecule has 0 spiro atoms. The van der Waals surface area contributed by atoms with E-state index in [9.17, 15) is 9.59 Å². The standard InChI is InChI=1S/C29H22N4O3/c1-31-26-23(28(34)32(2)29(31)35)25(17-10-4-3-5-11-17)33-20-14-8-7-13-19(20)30-24(27(26)33)22-16-18-12-6-9-15-21(18)36-22/h3-16,24,30H,1-2H3. The number of aromatic nitrogens is 3. The molecule has 0 saturated heterocycles. The Balaban J connectivity index is 1.70. The molecule has 7 nitrogen and oxygen atoms in total. The average molecular weight is 475 g/mol. The predicted octanol–water partition coefficient (Wildman–Crippen LogP) is 4.96. The Morgan fingerprint density at radius 1 is 0.833 bits per heavy atom. The molecule has 176 valence electrons. The molecular weight excluding hydrogens is 452 g/mol. The number of hydrogen-bond donors (Lipinski definition) is 1. The predicted molar refractivity (Wildman–Crippen MR) is 141 cm³/mol. The molecule has 0 radical (unpaired) electrons. The highest BCUT2D eigenvalue weighted by molar-refractivity contribution is 5.99. The minimum Gasteiger partial charge on any atom is -0.458 e. The van der Waals surface area contributed by atoms with E-state index in [0.29, 0.717) is 16.7 Å². The van der Waals surface area contributed by atoms with E-state index in [-0.39, 0.29) is 11.2 Å². The van der Waals surface area contributed by atoms with E-state index in [4.69, 9.17) is 4.42 Å². The lowest BCUT2D eigenvalue weighted by Gasteiger charge is -2.29. The lowest BCUT2D eigenvalue weighted by Crippen LogP contribution is -2.37. The minimum atomic E-state index is -0.426. The quantitative estimate of drug-likeness (QED) is 0.385. The maximum atomic E-state index is 13.7. The van der Waals surface area contributed by atoms with E-state index >= 15 is 0 Å². The number of rotatable bonds is 2. The van der Waals surface area contributed by atoms with Gasteiger partial charge < -0.3 is 14.3 Å². The van der Waals surface area contributed by atoms with Gasteiger partial charge >= 0.3 is 5.69 Å². The van der Waals surface area contributed by atoms with Gasteiger partial charge in [0.25, 0.3) is 5.56 Å². The first kappa shape index (κ1) is 20.6. The van der Waals surface area contributed by atoms with Crippen LogP contribution >= 0.6 is 0 Å². The summed E-state index contributed by atoms with van der Waals surface area (Å²) in [4.78, 5) is 26.8. The number of hydrogen-bond acceptors (Lipinski definition) is 4. The van der Waals surface area contributed by atoms with Gasteiger partial charge in [0.05, 0.1) is 33.7 Å². The first-order chi connectivity index (χ1) is 17.5. The number of nitrogens with zero attached hydrogens (tertiary/aromatic N) is 3. The van der Waals surface area contributed by atoms with Gasteiger partial charge in [-0.25, -0.2) is 4.79 Å². The summed E-state index contributed by atoms with van der Waals surface area (Å²) in [5, 5.41) is 5.12. The second-order valence-electron chi connectivity index (χ2n) is 9.15. The summed E-state index contributed by atoms with van der Waals surface area (Å²) in [6.07, 6.45) is 0. The summed E-state index contributed by atoms with van der Waals surface area (Å²) >= 11 is 0. The molecule has 3 aromatic carbocycles. The van der Waals surface area contributed by atoms with Crippen LogP contribution in [0.25, 0.3) is 38.8 Å². The molecule has 0 aliphatic carbocycles. The van der Waals surface area contributed by atoms with Gasteiger partial charge in [-0.05, 0) is 29.8 Å². The Bertz CT molecular complexity index is 1910. The van der Waals surface area contributed by atoms with Gasteiger partial charge in [0.1, 0.15) is 17.4 Å². The van der Waals surface area contributed by atoms with Crippen molar-refractivity contribution in [3.05, 3.63) is 117 Å². The van der Waals surface area contributed by atoms with Crippen molar-refractivity contribution in [3.8, 4) is 16.9 Å². The maximum absolute atomic E-state index is 13.7. The van der Waals surface area contributed by atoms with Crippen LogP contribution in [0.2, 0.25) is 0 Å².